The van der Waals surface area contributed by atoms with E-state index in [4.69, 9.17) is 5.73 Å². The third kappa shape index (κ3) is 2.46. The summed E-state index contributed by atoms with van der Waals surface area (Å²) in [7, 11) is 2.06. The van der Waals surface area contributed by atoms with E-state index in [2.05, 4.69) is 47.8 Å². The fourth-order valence-electron chi connectivity index (χ4n) is 3.01. The maximum absolute atomic E-state index is 11.7. The highest BCUT2D eigenvalue weighted by molar-refractivity contribution is 5.86. The van der Waals surface area contributed by atoms with Crippen LogP contribution in [-0.4, -0.2) is 16.1 Å². The van der Waals surface area contributed by atoms with E-state index in [1.807, 2.05) is 6.07 Å². The Kier molecular flexibility index (Phi) is 3.86. The lowest BCUT2D eigenvalue weighted by atomic mass is 10.0. The molecule has 0 unspecified atom stereocenters. The molecule has 0 saturated carbocycles. The van der Waals surface area contributed by atoms with Gasteiger partial charge in [0.15, 0.2) is 0 Å². The Morgan fingerprint density at radius 3 is 2.73 bits per heavy atom. The van der Waals surface area contributed by atoms with Crippen molar-refractivity contribution in [3.63, 3.8) is 0 Å². The maximum Gasteiger partial charge on any atom is 0.248 e. The van der Waals surface area contributed by atoms with Crippen molar-refractivity contribution in [2.45, 2.75) is 19.8 Å². The van der Waals surface area contributed by atoms with Crippen molar-refractivity contribution in [2.24, 2.45) is 12.8 Å². The van der Waals surface area contributed by atoms with Crippen LogP contribution in [0, 0.1) is 0 Å². The van der Waals surface area contributed by atoms with Gasteiger partial charge in [-0.3, -0.25) is 4.79 Å². The summed E-state index contributed by atoms with van der Waals surface area (Å²) in [6.07, 6.45) is 1.75. The first-order valence-corrected chi connectivity index (χ1v) is 7.65. The van der Waals surface area contributed by atoms with E-state index in [9.17, 15) is 4.79 Å². The Balaban J connectivity index is 2.17. The summed E-state index contributed by atoms with van der Waals surface area (Å²) < 4.78 is 2.18. The van der Waals surface area contributed by atoms with E-state index in [1.165, 1.54) is 16.6 Å². The summed E-state index contributed by atoms with van der Waals surface area (Å²) in [5, 5.41) is 1.18. The molecule has 0 amide bonds. The van der Waals surface area contributed by atoms with Crippen molar-refractivity contribution in [3.8, 4) is 11.3 Å². The predicted molar refractivity (Wildman–Crippen MR) is 91.1 cm³/mol. The molecule has 0 aliphatic rings. The SMILES string of the molecule is CCc1ccc(=O)[nH]c1-c1ccc2c(c1)cc(CCN)n2C. The van der Waals surface area contributed by atoms with Crippen LogP contribution in [0.5, 0.6) is 0 Å². The number of nitrogens with one attached hydrogen (secondary N) is 1. The van der Waals surface area contributed by atoms with Crippen LogP contribution in [-0.2, 0) is 19.9 Å². The first kappa shape index (κ1) is 14.6. The van der Waals surface area contributed by atoms with Gasteiger partial charge in [-0.1, -0.05) is 19.1 Å². The summed E-state index contributed by atoms with van der Waals surface area (Å²) >= 11 is 0. The molecule has 0 radical (unpaired) electrons. The van der Waals surface area contributed by atoms with Crippen molar-refractivity contribution in [1.82, 2.24) is 9.55 Å². The Labute approximate surface area is 129 Å². The smallest absolute Gasteiger partial charge is 0.248 e. The summed E-state index contributed by atoms with van der Waals surface area (Å²) in [6, 6.07) is 12.0. The molecule has 3 rings (SSSR count). The second-order valence-electron chi connectivity index (χ2n) is 5.58. The van der Waals surface area contributed by atoms with Crippen LogP contribution >= 0.6 is 0 Å². The molecule has 2 aromatic heterocycles. The zero-order valence-electron chi connectivity index (χ0n) is 13.0. The van der Waals surface area contributed by atoms with E-state index in [0.717, 1.165) is 29.7 Å². The average Bonchev–Trinajstić information content (AvgIpc) is 2.83. The van der Waals surface area contributed by atoms with Crippen molar-refractivity contribution >= 4 is 10.9 Å². The van der Waals surface area contributed by atoms with Crippen LogP contribution in [0.1, 0.15) is 18.2 Å². The number of aryl methyl sites for hydroxylation is 2. The molecular formula is C18H21N3O. The zero-order valence-corrected chi connectivity index (χ0v) is 13.0. The fraction of sp³-hybridized carbons (Fsp3) is 0.278. The van der Waals surface area contributed by atoms with Gasteiger partial charge in [0.2, 0.25) is 5.56 Å². The second kappa shape index (κ2) is 5.81. The lowest BCUT2D eigenvalue weighted by Gasteiger charge is -2.08. The average molecular weight is 295 g/mol. The van der Waals surface area contributed by atoms with E-state index >= 15 is 0 Å². The standard InChI is InChI=1S/C18H21N3O/c1-3-12-5-7-17(22)20-18(12)13-4-6-16-14(10-13)11-15(8-9-19)21(16)2/h4-7,10-11H,3,8-9,19H2,1-2H3,(H,20,22). The number of fused-ring (bicyclic) bond motifs is 1. The number of benzene rings is 1. The molecule has 22 heavy (non-hydrogen) atoms. The van der Waals surface area contributed by atoms with Crippen LogP contribution in [0.25, 0.3) is 22.2 Å². The van der Waals surface area contributed by atoms with Gasteiger partial charge in [-0.05, 0) is 48.7 Å². The molecule has 0 aliphatic heterocycles. The minimum absolute atomic E-state index is 0.0656. The van der Waals surface area contributed by atoms with Gasteiger partial charge in [0.05, 0.1) is 5.69 Å². The van der Waals surface area contributed by atoms with Gasteiger partial charge in [0, 0.05) is 29.7 Å². The van der Waals surface area contributed by atoms with Crippen molar-refractivity contribution in [1.29, 1.82) is 0 Å². The Morgan fingerprint density at radius 2 is 2.00 bits per heavy atom. The largest absolute Gasteiger partial charge is 0.348 e. The molecule has 0 spiro atoms. The van der Waals surface area contributed by atoms with Gasteiger partial charge < -0.3 is 15.3 Å². The molecule has 0 saturated heterocycles. The van der Waals surface area contributed by atoms with Crippen LogP contribution in [0.4, 0.5) is 0 Å². The van der Waals surface area contributed by atoms with Gasteiger partial charge in [0.1, 0.15) is 0 Å². The fourth-order valence-corrected chi connectivity index (χ4v) is 3.01. The normalized spacial score (nSPS) is 11.2. The number of H-pyrrole nitrogens is 1. The van der Waals surface area contributed by atoms with Crippen LogP contribution in [0.2, 0.25) is 0 Å². The summed E-state index contributed by atoms with van der Waals surface area (Å²) in [4.78, 5) is 14.6. The third-order valence-electron chi connectivity index (χ3n) is 4.22. The molecule has 114 valence electrons. The number of pyridine rings is 1. The van der Waals surface area contributed by atoms with E-state index in [1.54, 1.807) is 6.07 Å². The summed E-state index contributed by atoms with van der Waals surface area (Å²) in [6.45, 7) is 2.74. The number of nitrogens with zero attached hydrogens (tertiary/aromatic N) is 1. The van der Waals surface area contributed by atoms with Gasteiger partial charge >= 0.3 is 0 Å². The third-order valence-corrected chi connectivity index (χ3v) is 4.22. The van der Waals surface area contributed by atoms with Crippen LogP contribution in [0.15, 0.2) is 41.2 Å². The number of aromatic amines is 1. The zero-order chi connectivity index (χ0) is 15.7. The highest BCUT2D eigenvalue weighted by Crippen LogP contribution is 2.27. The Bertz CT molecular complexity index is 874. The first-order valence-electron chi connectivity index (χ1n) is 7.65. The second-order valence-corrected chi connectivity index (χ2v) is 5.58. The maximum atomic E-state index is 11.7. The number of aromatic nitrogens is 2. The lowest BCUT2D eigenvalue weighted by molar-refractivity contribution is 0.827. The van der Waals surface area contributed by atoms with Gasteiger partial charge in [-0.15, -0.1) is 0 Å². The summed E-state index contributed by atoms with van der Waals surface area (Å²) in [5.74, 6) is 0. The van der Waals surface area contributed by atoms with Gasteiger partial charge in [0.25, 0.3) is 0 Å². The minimum atomic E-state index is -0.0656. The van der Waals surface area contributed by atoms with Crippen molar-refractivity contribution in [3.05, 3.63) is 58.0 Å². The van der Waals surface area contributed by atoms with Crippen molar-refractivity contribution in [2.75, 3.05) is 6.54 Å². The Hall–Kier alpha value is -2.33. The number of rotatable bonds is 4. The highest BCUT2D eigenvalue weighted by atomic mass is 16.1. The van der Waals surface area contributed by atoms with Gasteiger partial charge in [-0.2, -0.15) is 0 Å². The minimum Gasteiger partial charge on any atom is -0.348 e. The molecule has 3 N–H and O–H groups in total. The molecule has 2 heterocycles. The topological polar surface area (TPSA) is 63.8 Å². The number of hydrogen-bond acceptors (Lipinski definition) is 2. The molecule has 4 nitrogen and oxygen atoms in total. The van der Waals surface area contributed by atoms with Crippen LogP contribution < -0.4 is 11.3 Å². The van der Waals surface area contributed by atoms with Gasteiger partial charge in [-0.25, -0.2) is 0 Å². The Morgan fingerprint density at radius 1 is 1.18 bits per heavy atom. The quantitative estimate of drug-likeness (QED) is 0.777. The van der Waals surface area contributed by atoms with E-state index in [0.29, 0.717) is 6.54 Å². The number of nitrogens with two attached hydrogens (primary N) is 1. The predicted octanol–water partition coefficient (Wildman–Crippen LogP) is 2.60. The van der Waals surface area contributed by atoms with Crippen molar-refractivity contribution < 1.29 is 0 Å². The lowest BCUT2D eigenvalue weighted by Crippen LogP contribution is -2.07. The molecule has 3 aromatic rings. The molecule has 0 bridgehead atoms. The molecular weight excluding hydrogens is 274 g/mol. The molecule has 4 heteroatoms. The van der Waals surface area contributed by atoms with E-state index in [-0.39, 0.29) is 5.56 Å². The number of hydrogen-bond donors (Lipinski definition) is 2. The van der Waals surface area contributed by atoms with Crippen LogP contribution in [0.3, 0.4) is 0 Å². The molecule has 0 aliphatic carbocycles. The monoisotopic (exact) mass is 295 g/mol. The molecule has 0 fully saturated rings. The highest BCUT2D eigenvalue weighted by Gasteiger charge is 2.09. The molecule has 0 atom stereocenters. The first-order chi connectivity index (χ1) is 10.6. The summed E-state index contributed by atoms with van der Waals surface area (Å²) in [5.41, 5.74) is 11.1. The van der Waals surface area contributed by atoms with E-state index < -0.39 is 0 Å². The molecule has 1 aromatic carbocycles.